The standard InChI is InChI=1S/C7H15NO4S/c1-5-13(9,10)8(2)6-7(11-3)12-4/h5,7H,1,6H2,2-4H3. The Hall–Kier alpha value is -0.430. The maximum atomic E-state index is 11.2. The molecular weight excluding hydrogens is 194 g/mol. The van der Waals surface area contributed by atoms with Gasteiger partial charge in [-0.05, 0) is 0 Å². The van der Waals surface area contributed by atoms with E-state index in [9.17, 15) is 8.42 Å². The average molecular weight is 209 g/mol. The summed E-state index contributed by atoms with van der Waals surface area (Å²) in [5, 5.41) is 0.884. The molecular formula is C7H15NO4S. The monoisotopic (exact) mass is 209 g/mol. The van der Waals surface area contributed by atoms with Crippen LogP contribution in [-0.4, -0.2) is 46.8 Å². The minimum absolute atomic E-state index is 0.140. The second-order valence-corrected chi connectivity index (χ2v) is 4.38. The Balaban J connectivity index is 4.29. The summed E-state index contributed by atoms with van der Waals surface area (Å²) >= 11 is 0. The van der Waals surface area contributed by atoms with E-state index in [0.29, 0.717) is 0 Å². The van der Waals surface area contributed by atoms with Crippen molar-refractivity contribution in [2.45, 2.75) is 6.29 Å². The van der Waals surface area contributed by atoms with Crippen LogP contribution >= 0.6 is 0 Å². The summed E-state index contributed by atoms with van der Waals surface area (Å²) in [6.07, 6.45) is -0.556. The molecule has 0 bridgehead atoms. The van der Waals surface area contributed by atoms with E-state index in [2.05, 4.69) is 6.58 Å². The Morgan fingerprint density at radius 2 is 1.92 bits per heavy atom. The third kappa shape index (κ3) is 3.86. The van der Waals surface area contributed by atoms with Gasteiger partial charge in [0.25, 0.3) is 0 Å². The van der Waals surface area contributed by atoms with Crippen molar-refractivity contribution in [2.24, 2.45) is 0 Å². The van der Waals surface area contributed by atoms with E-state index in [0.717, 1.165) is 9.71 Å². The molecule has 0 aliphatic heterocycles. The van der Waals surface area contributed by atoms with E-state index in [1.165, 1.54) is 21.3 Å². The van der Waals surface area contributed by atoms with Gasteiger partial charge in [0, 0.05) is 26.7 Å². The van der Waals surface area contributed by atoms with Crippen molar-refractivity contribution in [2.75, 3.05) is 27.8 Å². The van der Waals surface area contributed by atoms with Crippen molar-refractivity contribution in [3.8, 4) is 0 Å². The van der Waals surface area contributed by atoms with Crippen LogP contribution in [0.2, 0.25) is 0 Å². The zero-order chi connectivity index (χ0) is 10.5. The topological polar surface area (TPSA) is 55.8 Å². The molecule has 0 radical (unpaired) electrons. The highest BCUT2D eigenvalue weighted by molar-refractivity contribution is 7.91. The molecule has 0 fully saturated rings. The molecule has 0 aromatic carbocycles. The first-order chi connectivity index (χ1) is 5.97. The predicted octanol–water partition coefficient (Wildman–Crippen LogP) is 0.0104. The Bertz CT molecular complexity index is 245. The molecule has 0 saturated heterocycles. The third-order valence-electron chi connectivity index (χ3n) is 1.58. The summed E-state index contributed by atoms with van der Waals surface area (Å²) in [5.74, 6) is 0. The Morgan fingerprint density at radius 3 is 2.23 bits per heavy atom. The van der Waals surface area contributed by atoms with Crippen LogP contribution in [0, 0.1) is 0 Å². The normalized spacial score (nSPS) is 12.4. The molecule has 0 atom stereocenters. The molecule has 0 aromatic heterocycles. The zero-order valence-electron chi connectivity index (χ0n) is 8.06. The van der Waals surface area contributed by atoms with Crippen LogP contribution in [0.1, 0.15) is 0 Å². The van der Waals surface area contributed by atoms with Gasteiger partial charge in [-0.1, -0.05) is 6.58 Å². The van der Waals surface area contributed by atoms with Gasteiger partial charge in [-0.2, -0.15) is 4.31 Å². The number of nitrogens with zero attached hydrogens (tertiary/aromatic N) is 1. The SMILES string of the molecule is C=CS(=O)(=O)N(C)CC(OC)OC. The van der Waals surface area contributed by atoms with Crippen molar-refractivity contribution >= 4 is 10.0 Å². The summed E-state index contributed by atoms with van der Waals surface area (Å²) in [5.41, 5.74) is 0. The van der Waals surface area contributed by atoms with Crippen molar-refractivity contribution in [3.05, 3.63) is 12.0 Å². The number of methoxy groups -OCH3 is 2. The summed E-state index contributed by atoms with van der Waals surface area (Å²) in [4.78, 5) is 0. The third-order valence-corrected chi connectivity index (χ3v) is 3.02. The molecule has 13 heavy (non-hydrogen) atoms. The van der Waals surface area contributed by atoms with Gasteiger partial charge in [0.15, 0.2) is 6.29 Å². The number of ether oxygens (including phenoxy) is 2. The van der Waals surface area contributed by atoms with Gasteiger partial charge in [-0.3, -0.25) is 0 Å². The van der Waals surface area contributed by atoms with Gasteiger partial charge in [-0.15, -0.1) is 0 Å². The summed E-state index contributed by atoms with van der Waals surface area (Å²) in [6, 6.07) is 0. The highest BCUT2D eigenvalue weighted by Crippen LogP contribution is 2.02. The zero-order valence-corrected chi connectivity index (χ0v) is 8.87. The van der Waals surface area contributed by atoms with Crippen LogP contribution in [0.15, 0.2) is 12.0 Å². The molecule has 0 amide bonds. The van der Waals surface area contributed by atoms with Crippen molar-refractivity contribution < 1.29 is 17.9 Å². The lowest BCUT2D eigenvalue weighted by Gasteiger charge is -2.19. The first-order valence-corrected chi connectivity index (χ1v) is 5.12. The molecule has 6 heteroatoms. The highest BCUT2D eigenvalue weighted by atomic mass is 32.2. The molecule has 0 N–H and O–H groups in total. The second kappa shape index (κ2) is 5.33. The van der Waals surface area contributed by atoms with Crippen LogP contribution in [-0.2, 0) is 19.5 Å². The van der Waals surface area contributed by atoms with E-state index < -0.39 is 16.3 Å². The largest absolute Gasteiger partial charge is 0.355 e. The van der Waals surface area contributed by atoms with E-state index in [1.807, 2.05) is 0 Å². The van der Waals surface area contributed by atoms with Crippen LogP contribution < -0.4 is 0 Å². The lowest BCUT2D eigenvalue weighted by atomic mass is 10.6. The maximum Gasteiger partial charge on any atom is 0.235 e. The lowest BCUT2D eigenvalue weighted by molar-refractivity contribution is -0.106. The van der Waals surface area contributed by atoms with Gasteiger partial charge >= 0.3 is 0 Å². The molecule has 0 saturated carbocycles. The fraction of sp³-hybridized carbons (Fsp3) is 0.714. The number of hydrogen-bond donors (Lipinski definition) is 0. The molecule has 0 aromatic rings. The van der Waals surface area contributed by atoms with Crippen molar-refractivity contribution in [3.63, 3.8) is 0 Å². The van der Waals surface area contributed by atoms with Crippen molar-refractivity contribution in [1.82, 2.24) is 4.31 Å². The molecule has 5 nitrogen and oxygen atoms in total. The Morgan fingerprint density at radius 1 is 1.46 bits per heavy atom. The maximum absolute atomic E-state index is 11.2. The first kappa shape index (κ1) is 12.6. The predicted molar refractivity (Wildman–Crippen MR) is 49.6 cm³/mol. The Labute approximate surface area is 79.0 Å². The fourth-order valence-corrected chi connectivity index (χ4v) is 1.27. The minimum Gasteiger partial charge on any atom is -0.355 e. The molecule has 0 aliphatic carbocycles. The van der Waals surface area contributed by atoms with Gasteiger partial charge in [0.2, 0.25) is 10.0 Å². The second-order valence-electron chi connectivity index (χ2n) is 2.39. The van der Waals surface area contributed by atoms with Crippen LogP contribution in [0.25, 0.3) is 0 Å². The number of sulfonamides is 1. The summed E-state index contributed by atoms with van der Waals surface area (Å²) in [7, 11) is 0.950. The molecule has 0 spiro atoms. The highest BCUT2D eigenvalue weighted by Gasteiger charge is 2.17. The average Bonchev–Trinajstić information content (AvgIpc) is 2.13. The van der Waals surface area contributed by atoms with Crippen LogP contribution in [0.3, 0.4) is 0 Å². The van der Waals surface area contributed by atoms with Gasteiger partial charge in [0.1, 0.15) is 0 Å². The van der Waals surface area contributed by atoms with Crippen LogP contribution in [0.4, 0.5) is 0 Å². The Kier molecular flexibility index (Phi) is 5.16. The summed E-state index contributed by atoms with van der Waals surface area (Å²) < 4.78 is 33.1. The molecule has 78 valence electrons. The van der Waals surface area contributed by atoms with Gasteiger partial charge < -0.3 is 9.47 Å². The molecule has 0 rings (SSSR count). The molecule has 0 aliphatic rings. The smallest absolute Gasteiger partial charge is 0.235 e. The quantitative estimate of drug-likeness (QED) is 0.578. The fourth-order valence-electron chi connectivity index (χ4n) is 0.686. The van der Waals surface area contributed by atoms with E-state index in [-0.39, 0.29) is 6.54 Å². The van der Waals surface area contributed by atoms with E-state index >= 15 is 0 Å². The minimum atomic E-state index is -3.38. The summed E-state index contributed by atoms with van der Waals surface area (Å²) in [6.45, 7) is 3.34. The number of rotatable bonds is 6. The molecule has 0 unspecified atom stereocenters. The number of likely N-dealkylation sites (N-methyl/N-ethyl adjacent to an activating group) is 1. The van der Waals surface area contributed by atoms with Gasteiger partial charge in [0.05, 0.1) is 6.54 Å². The lowest BCUT2D eigenvalue weighted by Crippen LogP contribution is -2.34. The van der Waals surface area contributed by atoms with Crippen molar-refractivity contribution in [1.29, 1.82) is 0 Å². The number of hydrogen-bond acceptors (Lipinski definition) is 4. The molecule has 0 heterocycles. The van der Waals surface area contributed by atoms with E-state index in [1.54, 1.807) is 0 Å². The van der Waals surface area contributed by atoms with Crippen LogP contribution in [0.5, 0.6) is 0 Å². The first-order valence-electron chi connectivity index (χ1n) is 3.62. The van der Waals surface area contributed by atoms with Gasteiger partial charge in [-0.25, -0.2) is 8.42 Å². The van der Waals surface area contributed by atoms with E-state index in [4.69, 9.17) is 9.47 Å².